The van der Waals surface area contributed by atoms with Crippen LogP contribution >= 0.6 is 0 Å². The van der Waals surface area contributed by atoms with Crippen LogP contribution in [0.5, 0.6) is 5.75 Å². The van der Waals surface area contributed by atoms with E-state index >= 15 is 0 Å². The molecule has 0 bridgehead atoms. The molecule has 1 aliphatic carbocycles. The van der Waals surface area contributed by atoms with Gasteiger partial charge in [-0.05, 0) is 36.6 Å². The second-order valence-electron chi connectivity index (χ2n) is 4.72. The maximum atomic E-state index is 11.9. The number of hydrogen-bond acceptors (Lipinski definition) is 4. The van der Waals surface area contributed by atoms with Crippen LogP contribution in [0.15, 0.2) is 23.1 Å². The highest BCUT2D eigenvalue weighted by Gasteiger charge is 2.57. The molecule has 0 saturated heterocycles. The van der Waals surface area contributed by atoms with Crippen LogP contribution in [0.25, 0.3) is 0 Å². The van der Waals surface area contributed by atoms with Crippen molar-refractivity contribution < 1.29 is 13.5 Å². The van der Waals surface area contributed by atoms with Gasteiger partial charge in [0.2, 0.25) is 0 Å². The average Bonchev–Trinajstić information content (AvgIpc) is 2.86. The summed E-state index contributed by atoms with van der Waals surface area (Å²) in [6.07, 6.45) is 1.39. The normalized spacial score (nSPS) is 34.7. The van der Waals surface area contributed by atoms with E-state index in [4.69, 9.17) is 5.73 Å². The number of phenolic OH excluding ortho intramolecular Hbond substituents is 1. The maximum absolute atomic E-state index is 11.9. The zero-order valence-corrected chi connectivity index (χ0v) is 9.50. The third-order valence-corrected chi connectivity index (χ3v) is 5.55. The molecule has 4 nitrogen and oxygen atoms in total. The fraction of sp³-hybridized carbons (Fsp3) is 0.455. The zero-order valence-electron chi connectivity index (χ0n) is 8.68. The molecule has 1 spiro atoms. The third kappa shape index (κ3) is 1.15. The number of nitrogens with two attached hydrogens (primary N) is 1. The van der Waals surface area contributed by atoms with Crippen molar-refractivity contribution in [2.75, 3.05) is 5.75 Å². The van der Waals surface area contributed by atoms with Crippen molar-refractivity contribution in [1.82, 2.24) is 0 Å². The Morgan fingerprint density at radius 2 is 2.12 bits per heavy atom. The standard InChI is InChI=1S/C11H13NO3S/c12-10-6-11(10)3-4-16(14,15)9-2-1-7(13)5-8(9)11/h1-2,5,10,13H,3-4,6,12H2. The first-order valence-corrected chi connectivity index (χ1v) is 6.93. The van der Waals surface area contributed by atoms with E-state index in [0.717, 1.165) is 6.42 Å². The number of fused-ring (bicyclic) bond motifs is 2. The molecule has 0 amide bonds. The van der Waals surface area contributed by atoms with Gasteiger partial charge in [-0.25, -0.2) is 8.42 Å². The molecule has 3 rings (SSSR count). The molecule has 1 aromatic rings. The monoisotopic (exact) mass is 239 g/mol. The van der Waals surface area contributed by atoms with Gasteiger partial charge in [0, 0.05) is 11.5 Å². The highest BCUT2D eigenvalue weighted by molar-refractivity contribution is 7.91. The van der Waals surface area contributed by atoms with Crippen molar-refractivity contribution >= 4 is 9.84 Å². The Morgan fingerprint density at radius 1 is 1.44 bits per heavy atom. The van der Waals surface area contributed by atoms with Crippen molar-refractivity contribution in [3.8, 4) is 5.75 Å². The predicted molar refractivity (Wildman–Crippen MR) is 59.0 cm³/mol. The molecule has 3 N–H and O–H groups in total. The van der Waals surface area contributed by atoms with E-state index < -0.39 is 9.84 Å². The molecule has 16 heavy (non-hydrogen) atoms. The van der Waals surface area contributed by atoms with Crippen LogP contribution in [-0.2, 0) is 15.3 Å². The molecule has 1 fully saturated rings. The van der Waals surface area contributed by atoms with Gasteiger partial charge in [-0.3, -0.25) is 0 Å². The van der Waals surface area contributed by atoms with Crippen LogP contribution in [0.3, 0.4) is 0 Å². The second-order valence-corrected chi connectivity index (χ2v) is 6.79. The van der Waals surface area contributed by atoms with Gasteiger partial charge in [0.05, 0.1) is 10.6 Å². The van der Waals surface area contributed by atoms with Crippen molar-refractivity contribution in [3.63, 3.8) is 0 Å². The summed E-state index contributed by atoms with van der Waals surface area (Å²) >= 11 is 0. The molecular formula is C11H13NO3S. The van der Waals surface area contributed by atoms with Crippen molar-refractivity contribution in [1.29, 1.82) is 0 Å². The first-order chi connectivity index (χ1) is 7.46. The fourth-order valence-electron chi connectivity index (χ4n) is 2.67. The van der Waals surface area contributed by atoms with E-state index in [1.807, 2.05) is 0 Å². The van der Waals surface area contributed by atoms with Gasteiger partial charge in [0.15, 0.2) is 9.84 Å². The summed E-state index contributed by atoms with van der Waals surface area (Å²) in [6.45, 7) is 0. The molecule has 2 atom stereocenters. The Kier molecular flexibility index (Phi) is 1.76. The van der Waals surface area contributed by atoms with E-state index in [2.05, 4.69) is 0 Å². The number of phenols is 1. The lowest BCUT2D eigenvalue weighted by Crippen LogP contribution is -2.29. The lowest BCUT2D eigenvalue weighted by Gasteiger charge is -2.25. The number of benzene rings is 1. The summed E-state index contributed by atoms with van der Waals surface area (Å²) in [5.41, 5.74) is 6.43. The van der Waals surface area contributed by atoms with Crippen LogP contribution in [0.4, 0.5) is 0 Å². The van der Waals surface area contributed by atoms with E-state index in [9.17, 15) is 13.5 Å². The molecule has 2 unspecified atom stereocenters. The molecule has 86 valence electrons. The average molecular weight is 239 g/mol. The highest BCUT2D eigenvalue weighted by Crippen LogP contribution is 2.55. The number of rotatable bonds is 0. The van der Waals surface area contributed by atoms with Crippen molar-refractivity contribution in [2.24, 2.45) is 5.73 Å². The Balaban J connectivity index is 2.28. The SMILES string of the molecule is NC1CC12CCS(=O)(=O)c1ccc(O)cc12. The first-order valence-electron chi connectivity index (χ1n) is 5.28. The molecule has 1 heterocycles. The maximum Gasteiger partial charge on any atom is 0.178 e. The quantitative estimate of drug-likeness (QED) is 0.692. The molecule has 0 radical (unpaired) electrons. The third-order valence-electron chi connectivity index (χ3n) is 3.79. The van der Waals surface area contributed by atoms with Gasteiger partial charge >= 0.3 is 0 Å². The van der Waals surface area contributed by atoms with E-state index in [0.29, 0.717) is 16.9 Å². The van der Waals surface area contributed by atoms with Gasteiger partial charge < -0.3 is 10.8 Å². The van der Waals surface area contributed by atoms with Gasteiger partial charge in [0.25, 0.3) is 0 Å². The number of aromatic hydroxyl groups is 1. The van der Waals surface area contributed by atoms with E-state index in [1.165, 1.54) is 12.1 Å². The summed E-state index contributed by atoms with van der Waals surface area (Å²) in [4.78, 5) is 0.351. The molecule has 5 heteroatoms. The molecule has 0 aromatic heterocycles. The molecule has 2 aliphatic rings. The summed E-state index contributed by atoms with van der Waals surface area (Å²) in [6, 6.07) is 4.50. The minimum absolute atomic E-state index is 0.0311. The van der Waals surface area contributed by atoms with Crippen LogP contribution < -0.4 is 5.73 Å². The first kappa shape index (κ1) is 10.1. The predicted octanol–water partition coefficient (Wildman–Crippen LogP) is 0.538. The summed E-state index contributed by atoms with van der Waals surface area (Å²) in [5, 5.41) is 9.47. The summed E-state index contributed by atoms with van der Waals surface area (Å²) < 4.78 is 23.8. The minimum atomic E-state index is -3.18. The topological polar surface area (TPSA) is 80.4 Å². The number of hydrogen-bond donors (Lipinski definition) is 2. The van der Waals surface area contributed by atoms with Gasteiger partial charge in [-0.2, -0.15) is 0 Å². The lowest BCUT2D eigenvalue weighted by atomic mass is 9.91. The van der Waals surface area contributed by atoms with E-state index in [-0.39, 0.29) is 23.0 Å². The Bertz CT molecular complexity index is 567. The van der Waals surface area contributed by atoms with Crippen LogP contribution in [0.2, 0.25) is 0 Å². The number of sulfone groups is 1. The highest BCUT2D eigenvalue weighted by atomic mass is 32.2. The zero-order chi connectivity index (χ0) is 11.6. The van der Waals surface area contributed by atoms with Crippen LogP contribution in [0, 0.1) is 0 Å². The molecule has 1 aliphatic heterocycles. The Morgan fingerprint density at radius 3 is 2.75 bits per heavy atom. The summed E-state index contributed by atoms with van der Waals surface area (Å²) in [7, 11) is -3.18. The summed E-state index contributed by atoms with van der Waals surface area (Å²) in [5.74, 6) is 0.271. The van der Waals surface area contributed by atoms with Gasteiger partial charge in [-0.15, -0.1) is 0 Å². The van der Waals surface area contributed by atoms with Crippen LogP contribution in [-0.4, -0.2) is 25.3 Å². The van der Waals surface area contributed by atoms with E-state index in [1.54, 1.807) is 6.07 Å². The van der Waals surface area contributed by atoms with Crippen molar-refractivity contribution in [3.05, 3.63) is 23.8 Å². The van der Waals surface area contributed by atoms with Gasteiger partial charge in [0.1, 0.15) is 5.75 Å². The Labute approximate surface area is 94.0 Å². The smallest absolute Gasteiger partial charge is 0.178 e. The molecule has 1 saturated carbocycles. The Hall–Kier alpha value is -1.07. The second kappa shape index (κ2) is 2.78. The van der Waals surface area contributed by atoms with Gasteiger partial charge in [-0.1, -0.05) is 0 Å². The molecular weight excluding hydrogens is 226 g/mol. The lowest BCUT2D eigenvalue weighted by molar-refractivity contribution is 0.470. The fourth-order valence-corrected chi connectivity index (χ4v) is 4.40. The van der Waals surface area contributed by atoms with Crippen LogP contribution in [0.1, 0.15) is 18.4 Å². The molecule has 1 aromatic carbocycles. The largest absolute Gasteiger partial charge is 0.508 e. The van der Waals surface area contributed by atoms with Crippen molar-refractivity contribution in [2.45, 2.75) is 29.2 Å². The minimum Gasteiger partial charge on any atom is -0.508 e.